The van der Waals surface area contributed by atoms with Crippen molar-refractivity contribution in [3.63, 3.8) is 0 Å². The van der Waals surface area contributed by atoms with Gasteiger partial charge in [0, 0.05) is 31.4 Å². The van der Waals surface area contributed by atoms with Crippen molar-refractivity contribution in [2.24, 2.45) is 5.10 Å². The highest BCUT2D eigenvalue weighted by atomic mass is 79.9. The van der Waals surface area contributed by atoms with E-state index in [2.05, 4.69) is 47.4 Å². The number of aromatic amines is 1. The molecule has 7 nitrogen and oxygen atoms in total. The number of rotatable bonds is 7. The Kier molecular flexibility index (Phi) is 8.52. The highest BCUT2D eigenvalue weighted by Crippen LogP contribution is 2.37. The highest BCUT2D eigenvalue weighted by molar-refractivity contribution is 9.11. The molecule has 6 rings (SSSR count). The van der Waals surface area contributed by atoms with Gasteiger partial charge in [-0.1, -0.05) is 94.3 Å². The molecule has 44 heavy (non-hydrogen) atoms. The summed E-state index contributed by atoms with van der Waals surface area (Å²) >= 11 is 13.0. The highest BCUT2D eigenvalue weighted by Gasteiger charge is 2.22. The number of nitrogens with one attached hydrogen (secondary N) is 2. The number of hydrogen-bond donors (Lipinski definition) is 2. The summed E-state index contributed by atoms with van der Waals surface area (Å²) in [6.45, 7) is 0. The fraction of sp³-hybridized carbons (Fsp3) is 0.0294. The third-order valence-corrected chi connectivity index (χ3v) is 8.25. The number of carbonyl (C=O) groups excluding carboxylic acids is 2. The Morgan fingerprint density at radius 2 is 1.68 bits per heavy atom. The number of H-pyrrole nitrogens is 1. The maximum absolute atomic E-state index is 13.6. The van der Waals surface area contributed by atoms with Gasteiger partial charge < -0.3 is 14.5 Å². The van der Waals surface area contributed by atoms with Crippen molar-refractivity contribution in [3.05, 3.63) is 128 Å². The van der Waals surface area contributed by atoms with E-state index in [0.717, 1.165) is 32.8 Å². The summed E-state index contributed by atoms with van der Waals surface area (Å²) in [5, 5.41) is 7.58. The van der Waals surface area contributed by atoms with E-state index in [9.17, 15) is 9.59 Å². The Labute approximate surface area is 274 Å². The third kappa shape index (κ3) is 5.86. The Morgan fingerprint density at radius 1 is 0.909 bits per heavy atom. The summed E-state index contributed by atoms with van der Waals surface area (Å²) in [5.74, 6) is -0.601. The van der Waals surface area contributed by atoms with E-state index in [1.165, 1.54) is 19.4 Å². The number of hydrazone groups is 1. The molecule has 218 valence electrons. The summed E-state index contributed by atoms with van der Waals surface area (Å²) in [5.41, 5.74) is 6.11. The van der Waals surface area contributed by atoms with Crippen LogP contribution in [0.4, 0.5) is 0 Å². The summed E-state index contributed by atoms with van der Waals surface area (Å²) in [6, 6.07) is 29.9. The van der Waals surface area contributed by atoms with Crippen LogP contribution in [0.3, 0.4) is 0 Å². The smallest absolute Gasteiger partial charge is 0.347 e. The molecule has 0 saturated heterocycles. The van der Waals surface area contributed by atoms with Crippen LogP contribution in [0.2, 0.25) is 5.02 Å². The molecule has 0 spiro atoms. The lowest BCUT2D eigenvalue weighted by molar-refractivity contribution is 0.0729. The molecule has 5 aromatic carbocycles. The predicted octanol–water partition coefficient (Wildman–Crippen LogP) is 9.16. The van der Waals surface area contributed by atoms with Gasteiger partial charge in [-0.2, -0.15) is 5.10 Å². The van der Waals surface area contributed by atoms with Gasteiger partial charge in [0.15, 0.2) is 5.75 Å². The van der Waals surface area contributed by atoms with Crippen LogP contribution < -0.4 is 14.9 Å². The lowest BCUT2D eigenvalue weighted by atomic mass is 9.99. The Balaban J connectivity index is 1.34. The predicted molar refractivity (Wildman–Crippen MR) is 181 cm³/mol. The normalized spacial score (nSPS) is 11.3. The van der Waals surface area contributed by atoms with E-state index < -0.39 is 11.9 Å². The number of halogens is 3. The van der Waals surface area contributed by atoms with Crippen molar-refractivity contribution in [1.82, 2.24) is 10.4 Å². The number of esters is 1. The maximum Gasteiger partial charge on any atom is 0.347 e. The molecular formula is C34H22Br2ClN3O4. The van der Waals surface area contributed by atoms with Crippen LogP contribution in [0.5, 0.6) is 11.5 Å². The summed E-state index contributed by atoms with van der Waals surface area (Å²) < 4.78 is 12.3. The monoisotopic (exact) mass is 729 g/mol. The fourth-order valence-electron chi connectivity index (χ4n) is 5.00. The van der Waals surface area contributed by atoms with Crippen LogP contribution in [-0.4, -0.2) is 30.2 Å². The molecule has 0 saturated carbocycles. The molecule has 10 heteroatoms. The van der Waals surface area contributed by atoms with Gasteiger partial charge in [-0.3, -0.25) is 4.79 Å². The average Bonchev–Trinajstić information content (AvgIpc) is 3.43. The third-order valence-electron chi connectivity index (χ3n) is 6.97. The van der Waals surface area contributed by atoms with Gasteiger partial charge in [0.25, 0.3) is 5.91 Å². The van der Waals surface area contributed by atoms with Crippen molar-refractivity contribution in [1.29, 1.82) is 0 Å². The number of amides is 1. The zero-order valence-electron chi connectivity index (χ0n) is 23.0. The van der Waals surface area contributed by atoms with Gasteiger partial charge in [0.1, 0.15) is 17.0 Å². The van der Waals surface area contributed by atoms with E-state index in [0.29, 0.717) is 31.0 Å². The number of carbonyl (C=O) groups is 2. The number of methoxy groups -OCH3 is 1. The molecule has 2 N–H and O–H groups in total. The second kappa shape index (κ2) is 12.7. The van der Waals surface area contributed by atoms with Crippen molar-refractivity contribution in [3.8, 4) is 22.6 Å². The number of ether oxygens (including phenoxy) is 2. The lowest BCUT2D eigenvalue weighted by Gasteiger charge is -2.12. The molecule has 1 amide bonds. The van der Waals surface area contributed by atoms with E-state index in [1.807, 2.05) is 66.7 Å². The standard InChI is InChI=1S/C34H22Br2ClN3O4/c1-43-28-14-12-23(37)17-26(28)34(42)44-32-21(15-22(35)16-27(32)36)18-38-40-33(41)31-29(20-8-3-2-4-9-20)25-13-11-19-7-5-6-10-24(19)30(25)39-31/h2-18,39H,1H3,(H,40,41). The number of nitrogens with zero attached hydrogens (tertiary/aromatic N) is 1. The molecule has 0 unspecified atom stereocenters. The lowest BCUT2D eigenvalue weighted by Crippen LogP contribution is -2.19. The molecule has 0 aliphatic heterocycles. The SMILES string of the molecule is COc1ccc(Cl)cc1C(=O)Oc1c(Br)cc(Br)cc1C=NNC(=O)c1[nH]c2c(ccc3ccccc32)c1-c1ccccc1. The second-order valence-electron chi connectivity index (χ2n) is 9.69. The van der Waals surface area contributed by atoms with Crippen LogP contribution in [0.25, 0.3) is 32.8 Å². The molecule has 0 atom stereocenters. The van der Waals surface area contributed by atoms with E-state index >= 15 is 0 Å². The molecule has 1 heterocycles. The first-order chi connectivity index (χ1) is 21.3. The zero-order chi connectivity index (χ0) is 30.8. The summed E-state index contributed by atoms with van der Waals surface area (Å²) in [6.07, 6.45) is 1.41. The van der Waals surface area contributed by atoms with Crippen molar-refractivity contribution < 1.29 is 19.1 Å². The van der Waals surface area contributed by atoms with Crippen LogP contribution >= 0.6 is 43.5 Å². The number of hydrogen-bond acceptors (Lipinski definition) is 5. The van der Waals surface area contributed by atoms with Crippen LogP contribution in [-0.2, 0) is 0 Å². The average molecular weight is 732 g/mol. The van der Waals surface area contributed by atoms with Crippen LogP contribution in [0.1, 0.15) is 26.4 Å². The van der Waals surface area contributed by atoms with E-state index in [4.69, 9.17) is 21.1 Å². The topological polar surface area (TPSA) is 92.8 Å². The van der Waals surface area contributed by atoms with Crippen molar-refractivity contribution in [2.75, 3.05) is 7.11 Å². The Bertz CT molecular complexity index is 2090. The Hall–Kier alpha value is -4.44. The molecular weight excluding hydrogens is 710 g/mol. The van der Waals surface area contributed by atoms with Gasteiger partial charge in [0.05, 0.1) is 23.3 Å². The first-order valence-electron chi connectivity index (χ1n) is 13.3. The minimum Gasteiger partial charge on any atom is -0.496 e. The van der Waals surface area contributed by atoms with E-state index in [-0.39, 0.29) is 11.3 Å². The molecule has 0 aliphatic rings. The van der Waals surface area contributed by atoms with Gasteiger partial charge in [-0.15, -0.1) is 0 Å². The van der Waals surface area contributed by atoms with Gasteiger partial charge >= 0.3 is 5.97 Å². The van der Waals surface area contributed by atoms with Gasteiger partial charge in [0.2, 0.25) is 0 Å². The van der Waals surface area contributed by atoms with Gasteiger partial charge in [-0.05, 0) is 57.2 Å². The largest absolute Gasteiger partial charge is 0.496 e. The summed E-state index contributed by atoms with van der Waals surface area (Å²) in [4.78, 5) is 30.1. The number of benzene rings is 5. The summed E-state index contributed by atoms with van der Waals surface area (Å²) in [7, 11) is 1.45. The molecule has 1 aromatic heterocycles. The molecule has 0 fully saturated rings. The minimum absolute atomic E-state index is 0.158. The second-order valence-corrected chi connectivity index (χ2v) is 11.9. The first kappa shape index (κ1) is 29.6. The number of aromatic nitrogens is 1. The maximum atomic E-state index is 13.6. The Morgan fingerprint density at radius 3 is 2.48 bits per heavy atom. The molecule has 0 radical (unpaired) electrons. The number of fused-ring (bicyclic) bond motifs is 3. The van der Waals surface area contributed by atoms with Crippen molar-refractivity contribution >= 4 is 83.2 Å². The molecule has 6 aromatic rings. The fourth-order valence-corrected chi connectivity index (χ4v) is 6.51. The minimum atomic E-state index is -0.677. The molecule has 0 bridgehead atoms. The van der Waals surface area contributed by atoms with E-state index in [1.54, 1.807) is 24.3 Å². The molecule has 0 aliphatic carbocycles. The zero-order valence-corrected chi connectivity index (χ0v) is 27.0. The van der Waals surface area contributed by atoms with Gasteiger partial charge in [-0.25, -0.2) is 10.2 Å². The van der Waals surface area contributed by atoms with Crippen molar-refractivity contribution in [2.45, 2.75) is 0 Å². The van der Waals surface area contributed by atoms with Crippen LogP contribution in [0.15, 0.2) is 111 Å². The quantitative estimate of drug-likeness (QED) is 0.0742. The first-order valence-corrected chi connectivity index (χ1v) is 15.3. The van der Waals surface area contributed by atoms with Crippen LogP contribution in [0, 0.1) is 0 Å².